The van der Waals surface area contributed by atoms with Gasteiger partial charge in [-0.3, -0.25) is 4.90 Å². The van der Waals surface area contributed by atoms with Crippen LogP contribution < -0.4 is 5.32 Å². The van der Waals surface area contributed by atoms with Crippen molar-refractivity contribution >= 4 is 0 Å². The van der Waals surface area contributed by atoms with Gasteiger partial charge in [-0.1, -0.05) is 60.7 Å². The van der Waals surface area contributed by atoms with Crippen LogP contribution in [-0.4, -0.2) is 37.2 Å². The molecule has 5 atom stereocenters. The second kappa shape index (κ2) is 8.36. The number of fused-ring (bicyclic) bond motifs is 1. The number of rotatable bonds is 6. The van der Waals surface area contributed by atoms with Crippen molar-refractivity contribution in [1.82, 2.24) is 10.2 Å². The van der Waals surface area contributed by atoms with Gasteiger partial charge in [-0.25, -0.2) is 0 Å². The summed E-state index contributed by atoms with van der Waals surface area (Å²) in [7, 11) is 0. The minimum Gasteiger partial charge on any atom is -0.373 e. The molecular formula is C25H32N2O. The number of ether oxygens (including phenoxy) is 1. The molecule has 3 nitrogen and oxygen atoms in total. The molecule has 0 bridgehead atoms. The van der Waals surface area contributed by atoms with Crippen LogP contribution in [0.1, 0.15) is 36.5 Å². The molecule has 5 rings (SSSR count). The van der Waals surface area contributed by atoms with Crippen molar-refractivity contribution in [2.45, 2.75) is 38.0 Å². The Labute approximate surface area is 169 Å². The third kappa shape index (κ3) is 3.89. The second-order valence-corrected chi connectivity index (χ2v) is 8.95. The van der Waals surface area contributed by atoms with Gasteiger partial charge in [-0.05, 0) is 42.2 Å². The Morgan fingerprint density at radius 1 is 0.893 bits per heavy atom. The molecule has 1 saturated carbocycles. The normalized spacial score (nSPS) is 32.6. The standard InChI is InChI=1S/C25H32N2O/c1-3-7-19(8-4-1)16-27-17-22-11-12-24(23(22)18-27)26-15-21-13-14-28-25(21)20-9-5-2-6-10-20/h1-10,21-26H,11-18H2/t21-,22-,23+,24-,25-/m0/s1. The van der Waals surface area contributed by atoms with E-state index in [0.29, 0.717) is 12.0 Å². The van der Waals surface area contributed by atoms with E-state index in [1.807, 2.05) is 0 Å². The first kappa shape index (κ1) is 18.4. The third-order valence-corrected chi connectivity index (χ3v) is 7.17. The maximum Gasteiger partial charge on any atom is 0.0866 e. The lowest BCUT2D eigenvalue weighted by atomic mass is 9.93. The number of nitrogens with one attached hydrogen (secondary N) is 1. The van der Waals surface area contributed by atoms with Gasteiger partial charge in [0.1, 0.15) is 0 Å². The Hall–Kier alpha value is -1.68. The van der Waals surface area contributed by atoms with Crippen LogP contribution in [0, 0.1) is 17.8 Å². The zero-order chi connectivity index (χ0) is 18.8. The van der Waals surface area contributed by atoms with Gasteiger partial charge >= 0.3 is 0 Å². The molecule has 2 saturated heterocycles. The van der Waals surface area contributed by atoms with Crippen molar-refractivity contribution in [3.8, 4) is 0 Å². The van der Waals surface area contributed by atoms with Crippen molar-refractivity contribution < 1.29 is 4.74 Å². The van der Waals surface area contributed by atoms with E-state index >= 15 is 0 Å². The molecule has 0 radical (unpaired) electrons. The van der Waals surface area contributed by atoms with Gasteiger partial charge in [0.05, 0.1) is 6.10 Å². The van der Waals surface area contributed by atoms with Crippen LogP contribution >= 0.6 is 0 Å². The second-order valence-electron chi connectivity index (χ2n) is 8.95. The molecule has 148 valence electrons. The van der Waals surface area contributed by atoms with E-state index in [4.69, 9.17) is 4.74 Å². The molecule has 2 aliphatic heterocycles. The lowest BCUT2D eigenvalue weighted by Gasteiger charge is -2.25. The van der Waals surface area contributed by atoms with Crippen LogP contribution in [0.5, 0.6) is 0 Å². The molecule has 2 heterocycles. The van der Waals surface area contributed by atoms with Gasteiger partial charge in [0, 0.05) is 44.7 Å². The zero-order valence-electron chi connectivity index (χ0n) is 16.7. The fourth-order valence-corrected chi connectivity index (χ4v) is 5.74. The Kier molecular flexibility index (Phi) is 5.48. The Morgan fingerprint density at radius 2 is 1.68 bits per heavy atom. The predicted octanol–water partition coefficient (Wildman–Crippen LogP) is 4.26. The summed E-state index contributed by atoms with van der Waals surface area (Å²) in [5, 5.41) is 3.97. The number of hydrogen-bond donors (Lipinski definition) is 1. The summed E-state index contributed by atoms with van der Waals surface area (Å²) in [6.45, 7) is 5.62. The van der Waals surface area contributed by atoms with E-state index in [9.17, 15) is 0 Å². The minimum absolute atomic E-state index is 0.268. The quantitative estimate of drug-likeness (QED) is 0.815. The highest BCUT2D eigenvalue weighted by molar-refractivity contribution is 5.19. The van der Waals surface area contributed by atoms with Crippen molar-refractivity contribution in [2.75, 3.05) is 26.2 Å². The van der Waals surface area contributed by atoms with Gasteiger partial charge in [0.15, 0.2) is 0 Å². The third-order valence-electron chi connectivity index (χ3n) is 7.17. The van der Waals surface area contributed by atoms with Crippen molar-refractivity contribution in [2.24, 2.45) is 17.8 Å². The number of benzene rings is 2. The lowest BCUT2D eigenvalue weighted by molar-refractivity contribution is 0.0893. The summed E-state index contributed by atoms with van der Waals surface area (Å²) >= 11 is 0. The molecule has 0 spiro atoms. The van der Waals surface area contributed by atoms with Gasteiger partial charge in [-0.15, -0.1) is 0 Å². The maximum absolute atomic E-state index is 6.09. The summed E-state index contributed by atoms with van der Waals surface area (Å²) in [6, 6.07) is 22.4. The van der Waals surface area contributed by atoms with E-state index in [2.05, 4.69) is 70.9 Å². The van der Waals surface area contributed by atoms with Crippen LogP contribution in [0.2, 0.25) is 0 Å². The average Bonchev–Trinajstić information content (AvgIpc) is 3.44. The highest BCUT2D eigenvalue weighted by Crippen LogP contribution is 2.40. The zero-order valence-corrected chi connectivity index (χ0v) is 16.7. The first-order chi connectivity index (χ1) is 13.9. The molecule has 0 amide bonds. The molecule has 3 fully saturated rings. The lowest BCUT2D eigenvalue weighted by Crippen LogP contribution is -2.39. The van der Waals surface area contributed by atoms with Gasteiger partial charge < -0.3 is 10.1 Å². The molecule has 0 aromatic heterocycles. The number of likely N-dealkylation sites (tertiary alicyclic amines) is 1. The van der Waals surface area contributed by atoms with E-state index in [1.165, 1.54) is 43.5 Å². The van der Waals surface area contributed by atoms with Gasteiger partial charge in [-0.2, -0.15) is 0 Å². The first-order valence-corrected chi connectivity index (χ1v) is 11.0. The van der Waals surface area contributed by atoms with Crippen molar-refractivity contribution in [1.29, 1.82) is 0 Å². The summed E-state index contributed by atoms with van der Waals surface area (Å²) in [5.41, 5.74) is 2.78. The molecule has 0 unspecified atom stereocenters. The largest absolute Gasteiger partial charge is 0.373 e. The SMILES string of the molecule is c1ccc(CN2C[C@@H]3CC[C@H](NC[C@@H]4CCO[C@H]4c4ccccc4)[C@@H]3C2)cc1. The van der Waals surface area contributed by atoms with E-state index in [0.717, 1.165) is 31.5 Å². The van der Waals surface area contributed by atoms with Gasteiger partial charge in [0.2, 0.25) is 0 Å². The van der Waals surface area contributed by atoms with Crippen molar-refractivity contribution in [3.05, 3.63) is 71.8 Å². The number of nitrogens with zero attached hydrogens (tertiary/aromatic N) is 1. The Balaban J connectivity index is 1.16. The molecule has 2 aromatic carbocycles. The van der Waals surface area contributed by atoms with Gasteiger partial charge in [0.25, 0.3) is 0 Å². The maximum atomic E-state index is 6.09. The topological polar surface area (TPSA) is 24.5 Å². The Morgan fingerprint density at radius 3 is 2.50 bits per heavy atom. The minimum atomic E-state index is 0.268. The molecule has 1 N–H and O–H groups in total. The van der Waals surface area contributed by atoms with Crippen LogP contribution in [-0.2, 0) is 11.3 Å². The average molecular weight is 377 g/mol. The smallest absolute Gasteiger partial charge is 0.0866 e. The van der Waals surface area contributed by atoms with Crippen molar-refractivity contribution in [3.63, 3.8) is 0 Å². The van der Waals surface area contributed by atoms with E-state index in [-0.39, 0.29) is 6.10 Å². The Bertz CT molecular complexity index is 750. The molecule has 28 heavy (non-hydrogen) atoms. The van der Waals surface area contributed by atoms with Crippen LogP contribution in [0.25, 0.3) is 0 Å². The summed E-state index contributed by atoms with van der Waals surface area (Å²) in [5.74, 6) is 2.30. The summed E-state index contributed by atoms with van der Waals surface area (Å²) in [4.78, 5) is 2.67. The van der Waals surface area contributed by atoms with E-state index < -0.39 is 0 Å². The fraction of sp³-hybridized carbons (Fsp3) is 0.520. The molecule has 1 aliphatic carbocycles. The predicted molar refractivity (Wildman–Crippen MR) is 113 cm³/mol. The highest BCUT2D eigenvalue weighted by Gasteiger charge is 2.42. The molecular weight excluding hydrogens is 344 g/mol. The monoisotopic (exact) mass is 376 g/mol. The van der Waals surface area contributed by atoms with Crippen LogP contribution in [0.3, 0.4) is 0 Å². The van der Waals surface area contributed by atoms with Crippen LogP contribution in [0.15, 0.2) is 60.7 Å². The first-order valence-electron chi connectivity index (χ1n) is 11.0. The summed E-state index contributed by atoms with van der Waals surface area (Å²) in [6.07, 6.45) is 4.17. The molecule has 3 heteroatoms. The van der Waals surface area contributed by atoms with Crippen LogP contribution in [0.4, 0.5) is 0 Å². The highest BCUT2D eigenvalue weighted by atomic mass is 16.5. The fourth-order valence-electron chi connectivity index (χ4n) is 5.74. The summed E-state index contributed by atoms with van der Waals surface area (Å²) < 4.78 is 6.09. The molecule has 2 aromatic rings. The number of hydrogen-bond acceptors (Lipinski definition) is 3. The van der Waals surface area contributed by atoms with E-state index in [1.54, 1.807) is 0 Å². The molecule has 3 aliphatic rings.